The number of benzene rings is 1. The zero-order valence-electron chi connectivity index (χ0n) is 9.41. The summed E-state index contributed by atoms with van der Waals surface area (Å²) in [7, 11) is 0. The molecule has 3 nitrogen and oxygen atoms in total. The number of H-pyrrole nitrogens is 1. The lowest BCUT2D eigenvalue weighted by molar-refractivity contribution is 0.310. The van der Waals surface area contributed by atoms with Gasteiger partial charge in [0.15, 0.2) is 0 Å². The van der Waals surface area contributed by atoms with Gasteiger partial charge in [-0.3, -0.25) is 4.79 Å². The van der Waals surface area contributed by atoms with Crippen LogP contribution in [-0.2, 0) is 0 Å². The molecule has 0 saturated heterocycles. The second-order valence-electron chi connectivity index (χ2n) is 3.82. The molecule has 17 heavy (non-hydrogen) atoms. The molecular formula is C13H14ClNO2. The third-order valence-electron chi connectivity index (χ3n) is 2.49. The molecule has 0 saturated carbocycles. The molecule has 1 aromatic carbocycles. The number of pyridine rings is 1. The molecule has 0 aliphatic rings. The first-order valence-corrected chi connectivity index (χ1v) is 6.15. The lowest BCUT2D eigenvalue weighted by atomic mass is 10.2. The largest absolute Gasteiger partial charge is 0.494 e. The minimum atomic E-state index is -0.0896. The van der Waals surface area contributed by atoms with E-state index in [0.29, 0.717) is 12.5 Å². The van der Waals surface area contributed by atoms with Crippen LogP contribution >= 0.6 is 11.6 Å². The van der Waals surface area contributed by atoms with Gasteiger partial charge >= 0.3 is 0 Å². The molecule has 4 heteroatoms. The van der Waals surface area contributed by atoms with Crippen LogP contribution in [0.25, 0.3) is 10.9 Å². The highest BCUT2D eigenvalue weighted by atomic mass is 35.5. The molecule has 2 aromatic rings. The van der Waals surface area contributed by atoms with Crippen molar-refractivity contribution in [3.05, 3.63) is 40.7 Å². The Bertz CT molecular complexity index is 550. The number of fused-ring (bicyclic) bond motifs is 1. The van der Waals surface area contributed by atoms with Gasteiger partial charge in [-0.1, -0.05) is 0 Å². The van der Waals surface area contributed by atoms with E-state index in [1.54, 1.807) is 6.07 Å². The Morgan fingerprint density at radius 2 is 2.06 bits per heavy atom. The molecule has 1 aromatic heterocycles. The van der Waals surface area contributed by atoms with Crippen molar-refractivity contribution >= 4 is 22.5 Å². The van der Waals surface area contributed by atoms with Crippen molar-refractivity contribution in [1.29, 1.82) is 0 Å². The van der Waals surface area contributed by atoms with Crippen molar-refractivity contribution in [2.45, 2.75) is 12.8 Å². The van der Waals surface area contributed by atoms with Gasteiger partial charge < -0.3 is 9.72 Å². The maximum absolute atomic E-state index is 11.1. The van der Waals surface area contributed by atoms with E-state index in [1.807, 2.05) is 18.2 Å². The average molecular weight is 252 g/mol. The van der Waals surface area contributed by atoms with Gasteiger partial charge in [0.2, 0.25) is 5.56 Å². The minimum Gasteiger partial charge on any atom is -0.494 e. The van der Waals surface area contributed by atoms with Gasteiger partial charge in [-0.05, 0) is 37.1 Å². The highest BCUT2D eigenvalue weighted by Crippen LogP contribution is 2.18. The first kappa shape index (κ1) is 12.0. The number of rotatable bonds is 5. The number of ether oxygens (including phenoxy) is 1. The van der Waals surface area contributed by atoms with Crippen molar-refractivity contribution < 1.29 is 4.74 Å². The second kappa shape index (κ2) is 5.73. The summed E-state index contributed by atoms with van der Waals surface area (Å²) in [5.41, 5.74) is 0.735. The molecule has 0 bridgehead atoms. The van der Waals surface area contributed by atoms with Crippen LogP contribution in [0.1, 0.15) is 12.8 Å². The Kier molecular flexibility index (Phi) is 4.04. The van der Waals surface area contributed by atoms with E-state index in [-0.39, 0.29) is 5.56 Å². The summed E-state index contributed by atoms with van der Waals surface area (Å²) in [4.78, 5) is 13.9. The summed E-state index contributed by atoms with van der Waals surface area (Å²) in [6.07, 6.45) is 1.91. The molecule has 0 unspecified atom stereocenters. The molecule has 0 aliphatic heterocycles. The topological polar surface area (TPSA) is 42.1 Å². The predicted octanol–water partition coefficient (Wildman–Crippen LogP) is 2.93. The number of hydrogen-bond donors (Lipinski definition) is 1. The fraction of sp³-hybridized carbons (Fsp3) is 0.308. The van der Waals surface area contributed by atoms with Gasteiger partial charge in [0, 0.05) is 22.8 Å². The molecule has 0 atom stereocenters. The Morgan fingerprint density at radius 1 is 1.18 bits per heavy atom. The summed E-state index contributed by atoms with van der Waals surface area (Å²) in [6.45, 7) is 0.668. The maximum Gasteiger partial charge on any atom is 0.248 e. The van der Waals surface area contributed by atoms with Gasteiger partial charge in [-0.25, -0.2) is 0 Å². The molecule has 0 amide bonds. The van der Waals surface area contributed by atoms with Crippen LogP contribution in [0.2, 0.25) is 0 Å². The number of unbranched alkanes of at least 4 members (excludes halogenated alkanes) is 1. The molecule has 2 rings (SSSR count). The number of hydrogen-bond acceptors (Lipinski definition) is 2. The van der Waals surface area contributed by atoms with Crippen LogP contribution < -0.4 is 10.3 Å². The van der Waals surface area contributed by atoms with Crippen LogP contribution in [0.15, 0.2) is 35.1 Å². The molecular weight excluding hydrogens is 238 g/mol. The van der Waals surface area contributed by atoms with E-state index < -0.39 is 0 Å². The summed E-state index contributed by atoms with van der Waals surface area (Å²) < 4.78 is 5.60. The maximum atomic E-state index is 11.1. The Labute approximate surface area is 104 Å². The lowest BCUT2D eigenvalue weighted by Crippen LogP contribution is -2.02. The fourth-order valence-electron chi connectivity index (χ4n) is 1.61. The van der Waals surface area contributed by atoms with Crippen LogP contribution in [0, 0.1) is 0 Å². The minimum absolute atomic E-state index is 0.0896. The molecule has 90 valence electrons. The van der Waals surface area contributed by atoms with Crippen LogP contribution in [-0.4, -0.2) is 17.5 Å². The van der Waals surface area contributed by atoms with E-state index in [9.17, 15) is 4.79 Å². The number of halogens is 1. The quantitative estimate of drug-likeness (QED) is 0.656. The van der Waals surface area contributed by atoms with E-state index in [2.05, 4.69) is 4.98 Å². The summed E-state index contributed by atoms with van der Waals surface area (Å²) in [6, 6.07) is 8.94. The normalized spacial score (nSPS) is 10.6. The van der Waals surface area contributed by atoms with E-state index >= 15 is 0 Å². The first-order valence-electron chi connectivity index (χ1n) is 5.61. The monoisotopic (exact) mass is 251 g/mol. The van der Waals surface area contributed by atoms with Crippen molar-refractivity contribution in [3.63, 3.8) is 0 Å². The van der Waals surface area contributed by atoms with Crippen LogP contribution in [0.3, 0.4) is 0 Å². The number of nitrogens with one attached hydrogen (secondary N) is 1. The van der Waals surface area contributed by atoms with Crippen molar-refractivity contribution in [3.8, 4) is 5.75 Å². The SMILES string of the molecule is O=c1ccc2cc(OCCCCCl)ccc2[nH]1. The zero-order valence-corrected chi connectivity index (χ0v) is 10.2. The lowest BCUT2D eigenvalue weighted by Gasteiger charge is -2.06. The predicted molar refractivity (Wildman–Crippen MR) is 70.0 cm³/mol. The van der Waals surface area contributed by atoms with E-state index in [4.69, 9.17) is 16.3 Å². The summed E-state index contributed by atoms with van der Waals surface area (Å²) >= 11 is 5.59. The molecule has 0 aliphatic carbocycles. The number of alkyl halides is 1. The number of aromatic nitrogens is 1. The third-order valence-corrected chi connectivity index (χ3v) is 2.76. The van der Waals surface area contributed by atoms with Gasteiger partial charge in [0.1, 0.15) is 5.75 Å². The van der Waals surface area contributed by atoms with E-state index in [0.717, 1.165) is 29.5 Å². The first-order chi connectivity index (χ1) is 8.29. The molecule has 1 heterocycles. The molecule has 0 fully saturated rings. The number of aromatic amines is 1. The zero-order chi connectivity index (χ0) is 12.1. The van der Waals surface area contributed by atoms with Crippen molar-refractivity contribution in [2.24, 2.45) is 0 Å². The van der Waals surface area contributed by atoms with Gasteiger partial charge in [0.25, 0.3) is 0 Å². The molecule has 0 spiro atoms. The van der Waals surface area contributed by atoms with Crippen LogP contribution in [0.5, 0.6) is 5.75 Å². The standard InChI is InChI=1S/C13H14ClNO2/c14-7-1-2-8-17-11-4-5-12-10(9-11)3-6-13(16)15-12/h3-6,9H,1-2,7-8H2,(H,15,16). The Balaban J connectivity index is 2.09. The molecule has 1 N–H and O–H groups in total. The smallest absolute Gasteiger partial charge is 0.248 e. The van der Waals surface area contributed by atoms with Gasteiger partial charge in [0.05, 0.1) is 6.61 Å². The van der Waals surface area contributed by atoms with Gasteiger partial charge in [-0.2, -0.15) is 0 Å². The van der Waals surface area contributed by atoms with E-state index in [1.165, 1.54) is 6.07 Å². The van der Waals surface area contributed by atoms with Gasteiger partial charge in [-0.15, -0.1) is 11.6 Å². The van der Waals surface area contributed by atoms with Crippen molar-refractivity contribution in [2.75, 3.05) is 12.5 Å². The second-order valence-corrected chi connectivity index (χ2v) is 4.19. The Hall–Kier alpha value is -1.48. The highest BCUT2D eigenvalue weighted by Gasteiger charge is 1.98. The summed E-state index contributed by atoms with van der Waals surface area (Å²) in [5.74, 6) is 1.49. The van der Waals surface area contributed by atoms with Crippen molar-refractivity contribution in [1.82, 2.24) is 4.98 Å². The third kappa shape index (κ3) is 3.24. The fourth-order valence-corrected chi connectivity index (χ4v) is 1.80. The van der Waals surface area contributed by atoms with Crippen LogP contribution in [0.4, 0.5) is 0 Å². The highest BCUT2D eigenvalue weighted by molar-refractivity contribution is 6.17. The molecule has 0 radical (unpaired) electrons. The Morgan fingerprint density at radius 3 is 2.88 bits per heavy atom. The summed E-state index contributed by atoms with van der Waals surface area (Å²) in [5, 5.41) is 0.972. The average Bonchev–Trinajstić information content (AvgIpc) is 2.35.